The van der Waals surface area contributed by atoms with Crippen LogP contribution in [0.2, 0.25) is 5.02 Å². The largest absolute Gasteiger partial charge is 0.348 e. The third-order valence-electron chi connectivity index (χ3n) is 4.21. The Morgan fingerprint density at radius 1 is 1.21 bits per heavy atom. The fraction of sp³-hybridized carbons (Fsp3) is 0.263. The lowest BCUT2D eigenvalue weighted by Gasteiger charge is -2.16. The van der Waals surface area contributed by atoms with Crippen molar-refractivity contribution >= 4 is 29.1 Å². The molecule has 3 rings (SSSR count). The quantitative estimate of drug-likeness (QED) is 0.923. The highest BCUT2D eigenvalue weighted by molar-refractivity contribution is 6.33. The topological polar surface area (TPSA) is 49.4 Å². The molecule has 124 valence electrons. The number of carbonyl (C=O) groups is 2. The molecule has 0 saturated carbocycles. The molecule has 0 spiro atoms. The van der Waals surface area contributed by atoms with Gasteiger partial charge in [0, 0.05) is 25.2 Å². The second-order valence-electron chi connectivity index (χ2n) is 5.77. The van der Waals surface area contributed by atoms with Crippen molar-refractivity contribution in [1.29, 1.82) is 0 Å². The minimum Gasteiger partial charge on any atom is -0.348 e. The van der Waals surface area contributed by atoms with Crippen molar-refractivity contribution < 1.29 is 9.59 Å². The summed E-state index contributed by atoms with van der Waals surface area (Å²) in [7, 11) is 0. The Bertz CT molecular complexity index is 789. The molecule has 0 saturated heterocycles. The first-order valence-electron chi connectivity index (χ1n) is 8.05. The first-order valence-corrected chi connectivity index (χ1v) is 8.43. The molecule has 0 fully saturated rings. The number of anilines is 1. The number of hydrogen-bond donors (Lipinski definition) is 1. The van der Waals surface area contributed by atoms with Crippen molar-refractivity contribution in [2.75, 3.05) is 11.4 Å². The van der Waals surface area contributed by atoms with Gasteiger partial charge in [-0.1, -0.05) is 42.8 Å². The Balaban J connectivity index is 1.68. The summed E-state index contributed by atoms with van der Waals surface area (Å²) in [4.78, 5) is 26.0. The minimum atomic E-state index is -0.191. The molecule has 1 heterocycles. The molecular weight excluding hydrogens is 324 g/mol. The van der Waals surface area contributed by atoms with E-state index in [1.807, 2.05) is 24.0 Å². The third kappa shape index (κ3) is 3.29. The smallest absolute Gasteiger partial charge is 0.253 e. The first kappa shape index (κ1) is 16.5. The summed E-state index contributed by atoms with van der Waals surface area (Å²) in [6.45, 7) is 3.04. The van der Waals surface area contributed by atoms with Gasteiger partial charge in [-0.15, -0.1) is 0 Å². The van der Waals surface area contributed by atoms with Gasteiger partial charge in [-0.05, 0) is 35.7 Å². The highest BCUT2D eigenvalue weighted by Gasteiger charge is 2.23. The van der Waals surface area contributed by atoms with Gasteiger partial charge in [-0.25, -0.2) is 0 Å². The molecule has 0 radical (unpaired) electrons. The standard InChI is InChI=1S/C19H19ClN2O2/c1-2-18(23)22-10-9-14-11-13(7-8-17(14)22)12-21-19(24)15-5-3-4-6-16(15)20/h3-8,11H,2,9-10,12H2,1H3,(H,21,24). The number of benzene rings is 2. The fourth-order valence-corrected chi connectivity index (χ4v) is 3.16. The summed E-state index contributed by atoms with van der Waals surface area (Å²) in [5.41, 5.74) is 3.63. The van der Waals surface area contributed by atoms with Crippen molar-refractivity contribution in [3.05, 3.63) is 64.2 Å². The van der Waals surface area contributed by atoms with Crippen LogP contribution in [-0.2, 0) is 17.8 Å². The predicted molar refractivity (Wildman–Crippen MR) is 95.4 cm³/mol. The Morgan fingerprint density at radius 3 is 2.75 bits per heavy atom. The van der Waals surface area contributed by atoms with E-state index in [4.69, 9.17) is 11.6 Å². The first-order chi connectivity index (χ1) is 11.6. The van der Waals surface area contributed by atoms with Crippen LogP contribution in [0.4, 0.5) is 5.69 Å². The molecule has 1 N–H and O–H groups in total. The summed E-state index contributed by atoms with van der Waals surface area (Å²) in [6, 6.07) is 13.0. The molecule has 0 bridgehead atoms. The zero-order valence-corrected chi connectivity index (χ0v) is 14.3. The monoisotopic (exact) mass is 342 g/mol. The van der Waals surface area contributed by atoms with Crippen LogP contribution in [0.25, 0.3) is 0 Å². The van der Waals surface area contributed by atoms with E-state index < -0.39 is 0 Å². The molecular formula is C19H19ClN2O2. The van der Waals surface area contributed by atoms with Crippen LogP contribution in [0.1, 0.15) is 34.8 Å². The molecule has 0 aromatic heterocycles. The fourth-order valence-electron chi connectivity index (χ4n) is 2.94. The summed E-state index contributed by atoms with van der Waals surface area (Å²) in [5.74, 6) is -0.0441. The zero-order chi connectivity index (χ0) is 17.1. The maximum atomic E-state index is 12.2. The zero-order valence-electron chi connectivity index (χ0n) is 13.5. The lowest BCUT2D eigenvalue weighted by Crippen LogP contribution is -2.27. The number of nitrogens with zero attached hydrogens (tertiary/aromatic N) is 1. The molecule has 5 heteroatoms. The summed E-state index contributed by atoms with van der Waals surface area (Å²) in [5, 5.41) is 3.33. The van der Waals surface area contributed by atoms with Gasteiger partial charge >= 0.3 is 0 Å². The van der Waals surface area contributed by atoms with Gasteiger partial charge in [0.2, 0.25) is 5.91 Å². The third-order valence-corrected chi connectivity index (χ3v) is 4.54. The number of hydrogen-bond acceptors (Lipinski definition) is 2. The summed E-state index contributed by atoms with van der Waals surface area (Å²) < 4.78 is 0. The summed E-state index contributed by atoms with van der Waals surface area (Å²) in [6.07, 6.45) is 1.36. The maximum Gasteiger partial charge on any atom is 0.253 e. The van der Waals surface area contributed by atoms with E-state index >= 15 is 0 Å². The number of fused-ring (bicyclic) bond motifs is 1. The predicted octanol–water partition coefficient (Wildman–Crippen LogP) is 3.57. The Hall–Kier alpha value is -2.33. The van der Waals surface area contributed by atoms with Crippen LogP contribution in [0.5, 0.6) is 0 Å². The Labute approximate surface area is 146 Å². The Kier molecular flexibility index (Phi) is 4.86. The minimum absolute atomic E-state index is 0.147. The van der Waals surface area contributed by atoms with Crippen LogP contribution in [0.15, 0.2) is 42.5 Å². The van der Waals surface area contributed by atoms with Crippen molar-refractivity contribution in [3.63, 3.8) is 0 Å². The van der Waals surface area contributed by atoms with Crippen LogP contribution in [-0.4, -0.2) is 18.4 Å². The second kappa shape index (κ2) is 7.05. The second-order valence-corrected chi connectivity index (χ2v) is 6.18. The highest BCUT2D eigenvalue weighted by Crippen LogP contribution is 2.29. The van der Waals surface area contributed by atoms with Gasteiger partial charge in [0.1, 0.15) is 0 Å². The van der Waals surface area contributed by atoms with E-state index in [2.05, 4.69) is 11.4 Å². The van der Waals surface area contributed by atoms with Gasteiger partial charge in [0.15, 0.2) is 0 Å². The van der Waals surface area contributed by atoms with Gasteiger partial charge in [-0.3, -0.25) is 9.59 Å². The number of nitrogens with one attached hydrogen (secondary N) is 1. The van der Waals surface area contributed by atoms with Crippen molar-refractivity contribution in [3.8, 4) is 0 Å². The normalized spacial score (nSPS) is 12.8. The van der Waals surface area contributed by atoms with E-state index in [1.165, 1.54) is 0 Å². The van der Waals surface area contributed by atoms with Gasteiger partial charge in [-0.2, -0.15) is 0 Å². The lowest BCUT2D eigenvalue weighted by atomic mass is 10.1. The van der Waals surface area contributed by atoms with Crippen LogP contribution < -0.4 is 10.2 Å². The Morgan fingerprint density at radius 2 is 2.00 bits per heavy atom. The van der Waals surface area contributed by atoms with E-state index in [0.29, 0.717) is 23.6 Å². The van der Waals surface area contributed by atoms with Crippen LogP contribution >= 0.6 is 11.6 Å². The van der Waals surface area contributed by atoms with E-state index in [0.717, 1.165) is 29.8 Å². The van der Waals surface area contributed by atoms with Crippen LogP contribution in [0.3, 0.4) is 0 Å². The molecule has 0 atom stereocenters. The molecule has 2 amide bonds. The number of rotatable bonds is 4. The van der Waals surface area contributed by atoms with E-state index in [9.17, 15) is 9.59 Å². The van der Waals surface area contributed by atoms with Crippen molar-refractivity contribution in [1.82, 2.24) is 5.32 Å². The average Bonchev–Trinajstić information content (AvgIpc) is 3.02. The number of carbonyl (C=O) groups excluding carboxylic acids is 2. The molecule has 1 aliphatic heterocycles. The molecule has 0 aliphatic carbocycles. The molecule has 24 heavy (non-hydrogen) atoms. The molecule has 2 aromatic rings. The van der Waals surface area contributed by atoms with Crippen LogP contribution in [0, 0.1) is 0 Å². The van der Waals surface area contributed by atoms with E-state index in [-0.39, 0.29) is 11.8 Å². The van der Waals surface area contributed by atoms with Gasteiger partial charge in [0.05, 0.1) is 10.6 Å². The average molecular weight is 343 g/mol. The van der Waals surface area contributed by atoms with Gasteiger partial charge in [0.25, 0.3) is 5.91 Å². The highest BCUT2D eigenvalue weighted by atomic mass is 35.5. The molecule has 2 aromatic carbocycles. The lowest BCUT2D eigenvalue weighted by molar-refractivity contribution is -0.118. The molecule has 1 aliphatic rings. The number of halogens is 1. The van der Waals surface area contributed by atoms with Crippen molar-refractivity contribution in [2.45, 2.75) is 26.3 Å². The van der Waals surface area contributed by atoms with Crippen molar-refractivity contribution in [2.24, 2.45) is 0 Å². The number of amides is 2. The summed E-state index contributed by atoms with van der Waals surface area (Å²) >= 11 is 6.04. The SMILES string of the molecule is CCC(=O)N1CCc2cc(CNC(=O)c3ccccc3Cl)ccc21. The van der Waals surface area contributed by atoms with Gasteiger partial charge < -0.3 is 10.2 Å². The van der Waals surface area contributed by atoms with E-state index in [1.54, 1.807) is 24.3 Å². The molecule has 0 unspecified atom stereocenters. The molecule has 4 nitrogen and oxygen atoms in total. The maximum absolute atomic E-state index is 12.2.